The predicted octanol–water partition coefficient (Wildman–Crippen LogP) is 1.79. The molecular formula is C18H19FN4O3. The van der Waals surface area contributed by atoms with Crippen LogP contribution in [0.3, 0.4) is 0 Å². The van der Waals surface area contributed by atoms with Crippen molar-refractivity contribution < 1.29 is 19.1 Å². The Bertz CT molecular complexity index is 868. The van der Waals surface area contributed by atoms with Crippen LogP contribution >= 0.6 is 0 Å². The standard InChI is InChI=1S/C18H19FN4O3/c19-14-5-1-3-12(7-14)8-23-10-15(20-21-23)16(24)22-9-13-4-2-6-18(13,11-22)17(25)26/h1,3,5,7,10,13H,2,4,6,8-9,11H2,(H,25,26)/t13-,18+/m0/s1. The summed E-state index contributed by atoms with van der Waals surface area (Å²) in [6, 6.07) is 6.15. The summed E-state index contributed by atoms with van der Waals surface area (Å²) < 4.78 is 14.7. The lowest BCUT2D eigenvalue weighted by Crippen LogP contribution is -2.37. The number of benzene rings is 1. The molecule has 136 valence electrons. The van der Waals surface area contributed by atoms with Gasteiger partial charge in [-0.2, -0.15) is 0 Å². The van der Waals surface area contributed by atoms with E-state index in [0.717, 1.165) is 18.4 Å². The molecule has 2 aromatic rings. The molecule has 0 spiro atoms. The molecule has 2 heterocycles. The van der Waals surface area contributed by atoms with E-state index in [1.54, 1.807) is 17.0 Å². The zero-order valence-electron chi connectivity index (χ0n) is 14.1. The van der Waals surface area contributed by atoms with Gasteiger partial charge in [0.05, 0.1) is 18.2 Å². The van der Waals surface area contributed by atoms with E-state index in [0.29, 0.717) is 19.5 Å². The van der Waals surface area contributed by atoms with Crippen molar-refractivity contribution in [2.45, 2.75) is 25.8 Å². The number of carboxylic acid groups (broad SMARTS) is 1. The second-order valence-corrected chi connectivity index (χ2v) is 7.17. The van der Waals surface area contributed by atoms with Crippen molar-refractivity contribution in [3.05, 3.63) is 47.5 Å². The van der Waals surface area contributed by atoms with Crippen LogP contribution in [-0.4, -0.2) is 50.0 Å². The van der Waals surface area contributed by atoms with Crippen molar-refractivity contribution in [1.82, 2.24) is 19.9 Å². The monoisotopic (exact) mass is 358 g/mol. The van der Waals surface area contributed by atoms with E-state index in [2.05, 4.69) is 10.3 Å². The molecule has 0 unspecified atom stereocenters. The van der Waals surface area contributed by atoms with Crippen molar-refractivity contribution in [2.75, 3.05) is 13.1 Å². The molecule has 2 fully saturated rings. The summed E-state index contributed by atoms with van der Waals surface area (Å²) in [5.41, 5.74) is 0.0871. The van der Waals surface area contributed by atoms with Crippen LogP contribution in [0.5, 0.6) is 0 Å². The first-order valence-electron chi connectivity index (χ1n) is 8.65. The summed E-state index contributed by atoms with van der Waals surface area (Å²) >= 11 is 0. The third-order valence-corrected chi connectivity index (χ3v) is 5.58. The second-order valence-electron chi connectivity index (χ2n) is 7.17. The van der Waals surface area contributed by atoms with Crippen LogP contribution in [0, 0.1) is 17.2 Å². The van der Waals surface area contributed by atoms with Crippen LogP contribution in [-0.2, 0) is 11.3 Å². The first-order chi connectivity index (χ1) is 12.5. The van der Waals surface area contributed by atoms with Crippen molar-refractivity contribution in [2.24, 2.45) is 11.3 Å². The minimum absolute atomic E-state index is 0.00582. The molecule has 1 saturated carbocycles. The smallest absolute Gasteiger partial charge is 0.311 e. The molecule has 2 aliphatic rings. The quantitative estimate of drug-likeness (QED) is 0.900. The average molecular weight is 358 g/mol. The number of hydrogen-bond donors (Lipinski definition) is 1. The first-order valence-corrected chi connectivity index (χ1v) is 8.65. The van der Waals surface area contributed by atoms with Gasteiger partial charge in [-0.3, -0.25) is 9.59 Å². The number of carboxylic acids is 1. The van der Waals surface area contributed by atoms with E-state index in [-0.39, 0.29) is 29.9 Å². The van der Waals surface area contributed by atoms with Gasteiger partial charge in [0.25, 0.3) is 5.91 Å². The Morgan fingerprint density at radius 1 is 1.38 bits per heavy atom. The highest BCUT2D eigenvalue weighted by Gasteiger charge is 2.56. The fraction of sp³-hybridized carbons (Fsp3) is 0.444. The molecule has 1 aromatic heterocycles. The molecule has 1 aliphatic carbocycles. The third-order valence-electron chi connectivity index (χ3n) is 5.58. The van der Waals surface area contributed by atoms with Crippen LogP contribution in [0.1, 0.15) is 35.3 Å². The fourth-order valence-corrected chi connectivity index (χ4v) is 4.25. The van der Waals surface area contributed by atoms with Gasteiger partial charge in [0.2, 0.25) is 0 Å². The number of carbonyl (C=O) groups excluding carboxylic acids is 1. The van der Waals surface area contributed by atoms with Gasteiger partial charge in [0.15, 0.2) is 5.69 Å². The van der Waals surface area contributed by atoms with Crippen LogP contribution in [0.4, 0.5) is 4.39 Å². The maximum absolute atomic E-state index is 13.3. The highest BCUT2D eigenvalue weighted by molar-refractivity contribution is 5.93. The predicted molar refractivity (Wildman–Crippen MR) is 88.8 cm³/mol. The largest absolute Gasteiger partial charge is 0.481 e. The van der Waals surface area contributed by atoms with Crippen LogP contribution in [0.25, 0.3) is 0 Å². The number of likely N-dealkylation sites (tertiary alicyclic amines) is 1. The van der Waals surface area contributed by atoms with E-state index in [9.17, 15) is 19.1 Å². The highest BCUT2D eigenvalue weighted by Crippen LogP contribution is 2.49. The summed E-state index contributed by atoms with van der Waals surface area (Å²) in [4.78, 5) is 26.0. The molecule has 1 aliphatic heterocycles. The van der Waals surface area contributed by atoms with Gasteiger partial charge in [-0.25, -0.2) is 9.07 Å². The summed E-state index contributed by atoms with van der Waals surface area (Å²) in [7, 11) is 0. The average Bonchev–Trinajstić information content (AvgIpc) is 3.28. The molecule has 1 saturated heterocycles. The van der Waals surface area contributed by atoms with E-state index in [1.807, 2.05) is 0 Å². The van der Waals surface area contributed by atoms with E-state index < -0.39 is 11.4 Å². The second kappa shape index (κ2) is 6.19. The highest BCUT2D eigenvalue weighted by atomic mass is 19.1. The number of halogens is 1. The van der Waals surface area contributed by atoms with Crippen LogP contribution in [0.15, 0.2) is 30.5 Å². The molecule has 2 atom stereocenters. The Hall–Kier alpha value is -2.77. The number of nitrogens with zero attached hydrogens (tertiary/aromatic N) is 4. The molecule has 1 N–H and O–H groups in total. The van der Waals surface area contributed by atoms with Gasteiger partial charge >= 0.3 is 5.97 Å². The Morgan fingerprint density at radius 3 is 2.96 bits per heavy atom. The normalized spacial score (nSPS) is 24.7. The Balaban J connectivity index is 1.48. The molecular weight excluding hydrogens is 339 g/mol. The molecule has 1 aromatic carbocycles. The molecule has 26 heavy (non-hydrogen) atoms. The Kier molecular flexibility index (Phi) is 3.97. The van der Waals surface area contributed by atoms with Gasteiger partial charge in [-0.15, -0.1) is 5.10 Å². The Morgan fingerprint density at radius 2 is 2.23 bits per heavy atom. The number of rotatable bonds is 4. The summed E-state index contributed by atoms with van der Waals surface area (Å²) in [6.07, 6.45) is 3.86. The van der Waals surface area contributed by atoms with Crippen molar-refractivity contribution >= 4 is 11.9 Å². The topological polar surface area (TPSA) is 88.3 Å². The number of amides is 1. The molecule has 7 nitrogen and oxygen atoms in total. The summed E-state index contributed by atoms with van der Waals surface area (Å²) in [5, 5.41) is 17.5. The number of carbonyl (C=O) groups is 2. The maximum atomic E-state index is 13.3. The third kappa shape index (κ3) is 2.75. The van der Waals surface area contributed by atoms with Gasteiger partial charge < -0.3 is 10.0 Å². The number of hydrogen-bond acceptors (Lipinski definition) is 4. The van der Waals surface area contributed by atoms with E-state index in [4.69, 9.17) is 0 Å². The van der Waals surface area contributed by atoms with Crippen molar-refractivity contribution in [3.63, 3.8) is 0 Å². The lowest BCUT2D eigenvalue weighted by Gasteiger charge is -2.22. The first kappa shape index (κ1) is 16.7. The van der Waals surface area contributed by atoms with Gasteiger partial charge in [-0.05, 0) is 36.5 Å². The zero-order chi connectivity index (χ0) is 18.3. The summed E-state index contributed by atoms with van der Waals surface area (Å²) in [5.74, 6) is -1.44. The van der Waals surface area contributed by atoms with Gasteiger partial charge in [-0.1, -0.05) is 23.8 Å². The van der Waals surface area contributed by atoms with Gasteiger partial charge in [0, 0.05) is 13.1 Å². The SMILES string of the molecule is O=C(c1cn(Cc2cccc(F)c2)nn1)N1C[C@@H]2CCC[C@@]2(C(=O)O)C1. The number of fused-ring (bicyclic) bond motifs is 1. The molecule has 4 rings (SSSR count). The minimum atomic E-state index is -0.815. The lowest BCUT2D eigenvalue weighted by molar-refractivity contribution is -0.149. The molecule has 0 bridgehead atoms. The molecule has 1 amide bonds. The van der Waals surface area contributed by atoms with Crippen LogP contribution < -0.4 is 0 Å². The summed E-state index contributed by atoms with van der Waals surface area (Å²) in [6.45, 7) is 0.976. The van der Waals surface area contributed by atoms with Crippen molar-refractivity contribution in [1.29, 1.82) is 0 Å². The van der Waals surface area contributed by atoms with Crippen LogP contribution in [0.2, 0.25) is 0 Å². The minimum Gasteiger partial charge on any atom is -0.481 e. The van der Waals surface area contributed by atoms with E-state index >= 15 is 0 Å². The zero-order valence-corrected chi connectivity index (χ0v) is 14.1. The Labute approximate surface area is 149 Å². The fourth-order valence-electron chi connectivity index (χ4n) is 4.25. The number of aliphatic carboxylic acids is 1. The number of aromatic nitrogens is 3. The van der Waals surface area contributed by atoms with Crippen molar-refractivity contribution in [3.8, 4) is 0 Å². The molecule has 0 radical (unpaired) electrons. The van der Waals surface area contributed by atoms with Gasteiger partial charge in [0.1, 0.15) is 5.82 Å². The molecule has 8 heteroatoms. The maximum Gasteiger partial charge on any atom is 0.311 e. The lowest BCUT2D eigenvalue weighted by atomic mass is 9.81. The van der Waals surface area contributed by atoms with E-state index in [1.165, 1.54) is 23.0 Å².